The molecule has 0 amide bonds. The molecular formula is C7H4F3NO5S. The van der Waals surface area contributed by atoms with Crippen molar-refractivity contribution in [1.82, 2.24) is 0 Å². The zero-order valence-electron chi connectivity index (χ0n) is 7.84. The molecule has 0 bridgehead atoms. The number of rotatable bonds is 4. The highest BCUT2D eigenvalue weighted by Gasteiger charge is 2.31. The van der Waals surface area contributed by atoms with Crippen LogP contribution in [-0.4, -0.2) is 19.1 Å². The first-order valence-electron chi connectivity index (χ1n) is 3.90. The van der Waals surface area contributed by atoms with Gasteiger partial charge in [0.05, 0.1) is 4.92 Å². The third-order valence-electron chi connectivity index (χ3n) is 1.56. The van der Waals surface area contributed by atoms with Crippen molar-refractivity contribution >= 4 is 15.8 Å². The maximum atomic E-state index is 13.0. The number of halogens is 3. The van der Waals surface area contributed by atoms with Crippen molar-refractivity contribution in [2.45, 2.75) is 5.76 Å². The van der Waals surface area contributed by atoms with Gasteiger partial charge in [-0.2, -0.15) is 21.6 Å². The van der Waals surface area contributed by atoms with E-state index in [1.807, 2.05) is 0 Å². The van der Waals surface area contributed by atoms with Gasteiger partial charge in [-0.3, -0.25) is 10.1 Å². The number of para-hydroxylation sites is 1. The fourth-order valence-corrected chi connectivity index (χ4v) is 1.36. The summed E-state index contributed by atoms with van der Waals surface area (Å²) in [7, 11) is -5.33. The normalized spacial score (nSPS) is 11.5. The summed E-state index contributed by atoms with van der Waals surface area (Å²) in [6.07, 6.45) is 0. The Kier molecular flexibility index (Phi) is 3.56. The number of nitro groups is 1. The van der Waals surface area contributed by atoms with E-state index in [1.165, 1.54) is 0 Å². The van der Waals surface area contributed by atoms with E-state index in [-0.39, 0.29) is 0 Å². The van der Waals surface area contributed by atoms with Crippen molar-refractivity contribution in [3.8, 4) is 5.75 Å². The molecule has 10 heteroatoms. The molecule has 94 valence electrons. The summed E-state index contributed by atoms with van der Waals surface area (Å²) in [5, 5.41) is 10.4. The van der Waals surface area contributed by atoms with Crippen LogP contribution in [0.25, 0.3) is 0 Å². The number of nitro benzene ring substituents is 1. The lowest BCUT2D eigenvalue weighted by atomic mass is 10.3. The second-order valence-corrected chi connectivity index (χ2v) is 4.19. The van der Waals surface area contributed by atoms with Crippen LogP contribution in [0.15, 0.2) is 18.2 Å². The van der Waals surface area contributed by atoms with Crippen LogP contribution >= 0.6 is 0 Å². The number of benzene rings is 1. The van der Waals surface area contributed by atoms with E-state index in [9.17, 15) is 31.7 Å². The molecule has 0 spiro atoms. The molecule has 6 nitrogen and oxygen atoms in total. The number of hydrogen-bond donors (Lipinski definition) is 0. The monoisotopic (exact) mass is 271 g/mol. The highest BCUT2D eigenvalue weighted by molar-refractivity contribution is 7.87. The van der Waals surface area contributed by atoms with Crippen molar-refractivity contribution in [1.29, 1.82) is 0 Å². The fraction of sp³-hybridized carbons (Fsp3) is 0.143. The summed E-state index contributed by atoms with van der Waals surface area (Å²) in [6.45, 7) is 0. The lowest BCUT2D eigenvalue weighted by Crippen LogP contribution is -2.18. The van der Waals surface area contributed by atoms with Gasteiger partial charge in [0.2, 0.25) is 11.6 Å². The fourth-order valence-electron chi connectivity index (χ4n) is 0.901. The minimum Gasteiger partial charge on any atom is -0.371 e. The predicted molar refractivity (Wildman–Crippen MR) is 48.6 cm³/mol. The molecule has 0 aliphatic rings. The molecule has 0 heterocycles. The Bertz CT molecular complexity index is 544. The number of alkyl halides is 2. The highest BCUT2D eigenvalue weighted by atomic mass is 32.2. The quantitative estimate of drug-likeness (QED) is 0.472. The maximum Gasteiger partial charge on any atom is 0.373 e. The van der Waals surface area contributed by atoms with Gasteiger partial charge in [-0.15, -0.1) is 0 Å². The van der Waals surface area contributed by atoms with E-state index in [0.29, 0.717) is 12.1 Å². The molecule has 1 rings (SSSR count). The predicted octanol–water partition coefficient (Wildman–Crippen LogP) is 1.67. The standard InChI is InChI=1S/C7H4F3NO5S/c8-4-2-1-3-5(6(4)11(12)13)16-17(14,15)7(9)10/h1-3,7H. The van der Waals surface area contributed by atoms with Crippen molar-refractivity contribution in [2.75, 3.05) is 0 Å². The van der Waals surface area contributed by atoms with E-state index in [1.54, 1.807) is 0 Å². The first-order chi connectivity index (χ1) is 7.75. The number of hydrogen-bond acceptors (Lipinski definition) is 5. The lowest BCUT2D eigenvalue weighted by Gasteiger charge is -2.06. The SMILES string of the molecule is O=[N+]([O-])c1c(F)cccc1OS(=O)(=O)C(F)F. The van der Waals surface area contributed by atoms with Crippen LogP contribution in [0.2, 0.25) is 0 Å². The first-order valence-corrected chi connectivity index (χ1v) is 5.37. The van der Waals surface area contributed by atoms with Gasteiger partial charge < -0.3 is 4.18 Å². The summed E-state index contributed by atoms with van der Waals surface area (Å²) in [5.41, 5.74) is -1.32. The van der Waals surface area contributed by atoms with E-state index in [0.717, 1.165) is 6.07 Å². The molecular weight excluding hydrogens is 267 g/mol. The summed E-state index contributed by atoms with van der Waals surface area (Å²) in [4.78, 5) is 9.13. The van der Waals surface area contributed by atoms with Gasteiger partial charge in [-0.05, 0) is 12.1 Å². The van der Waals surface area contributed by atoms with Gasteiger partial charge in [0.1, 0.15) is 0 Å². The largest absolute Gasteiger partial charge is 0.373 e. The van der Waals surface area contributed by atoms with Crippen LogP contribution in [0.1, 0.15) is 0 Å². The van der Waals surface area contributed by atoms with E-state index < -0.39 is 38.1 Å². The molecule has 0 unspecified atom stereocenters. The second-order valence-electron chi connectivity index (χ2n) is 2.68. The Balaban J connectivity index is 3.25. The van der Waals surface area contributed by atoms with Crippen LogP contribution in [-0.2, 0) is 10.1 Å². The minimum absolute atomic E-state index is 0.667. The summed E-state index contributed by atoms with van der Waals surface area (Å²) < 4.78 is 62.0. The van der Waals surface area contributed by atoms with Gasteiger partial charge in [0.25, 0.3) is 0 Å². The topological polar surface area (TPSA) is 86.5 Å². The molecule has 0 saturated carbocycles. The molecule has 0 saturated heterocycles. The molecule has 0 radical (unpaired) electrons. The van der Waals surface area contributed by atoms with E-state index in [2.05, 4.69) is 4.18 Å². The second kappa shape index (κ2) is 4.57. The summed E-state index contributed by atoms with van der Waals surface area (Å²) >= 11 is 0. The van der Waals surface area contributed by atoms with Crippen LogP contribution in [0.5, 0.6) is 5.75 Å². The zero-order valence-corrected chi connectivity index (χ0v) is 8.66. The van der Waals surface area contributed by atoms with Crippen LogP contribution in [0.3, 0.4) is 0 Å². The lowest BCUT2D eigenvalue weighted by molar-refractivity contribution is -0.388. The van der Waals surface area contributed by atoms with Gasteiger partial charge in [0.15, 0.2) is 0 Å². The summed E-state index contributed by atoms with van der Waals surface area (Å²) in [6, 6.07) is 2.25. The van der Waals surface area contributed by atoms with Gasteiger partial charge in [0, 0.05) is 0 Å². The number of nitrogens with zero attached hydrogens (tertiary/aromatic N) is 1. The maximum absolute atomic E-state index is 13.0. The van der Waals surface area contributed by atoms with Crippen molar-refractivity contribution in [3.05, 3.63) is 34.1 Å². The Morgan fingerprint density at radius 3 is 2.41 bits per heavy atom. The smallest absolute Gasteiger partial charge is 0.371 e. The Labute approximate surface area is 92.9 Å². The van der Waals surface area contributed by atoms with Crippen LogP contribution < -0.4 is 4.18 Å². The molecule has 1 aromatic rings. The zero-order chi connectivity index (χ0) is 13.2. The van der Waals surface area contributed by atoms with E-state index >= 15 is 0 Å². The molecule has 0 aliphatic carbocycles. The van der Waals surface area contributed by atoms with E-state index in [4.69, 9.17) is 0 Å². The highest BCUT2D eigenvalue weighted by Crippen LogP contribution is 2.31. The molecule has 0 atom stereocenters. The van der Waals surface area contributed by atoms with Crippen molar-refractivity contribution in [2.24, 2.45) is 0 Å². The minimum atomic E-state index is -5.33. The summed E-state index contributed by atoms with van der Waals surface area (Å²) in [5.74, 6) is -6.38. The van der Waals surface area contributed by atoms with Crippen molar-refractivity contribution < 1.29 is 30.7 Å². The molecule has 0 fully saturated rings. The van der Waals surface area contributed by atoms with Gasteiger partial charge in [-0.25, -0.2) is 0 Å². The van der Waals surface area contributed by atoms with Gasteiger partial charge in [-0.1, -0.05) is 6.07 Å². The Morgan fingerprint density at radius 2 is 1.94 bits per heavy atom. The van der Waals surface area contributed by atoms with Crippen LogP contribution in [0.4, 0.5) is 18.9 Å². The first kappa shape index (κ1) is 13.2. The Hall–Kier alpha value is -1.84. The molecule has 0 aliphatic heterocycles. The average Bonchev–Trinajstić information content (AvgIpc) is 2.15. The Morgan fingerprint density at radius 1 is 1.35 bits per heavy atom. The van der Waals surface area contributed by atoms with Gasteiger partial charge >= 0.3 is 21.6 Å². The van der Waals surface area contributed by atoms with Crippen molar-refractivity contribution in [3.63, 3.8) is 0 Å². The average molecular weight is 271 g/mol. The molecule has 1 aromatic carbocycles. The third-order valence-corrected chi connectivity index (χ3v) is 2.40. The third kappa shape index (κ3) is 2.84. The van der Waals surface area contributed by atoms with Crippen LogP contribution in [0, 0.1) is 15.9 Å². The molecule has 0 N–H and O–H groups in total. The molecule has 0 aromatic heterocycles. The molecule has 17 heavy (non-hydrogen) atoms.